The van der Waals surface area contributed by atoms with Gasteiger partial charge in [0.25, 0.3) is 0 Å². The van der Waals surface area contributed by atoms with Crippen LogP contribution in [0.4, 0.5) is 23.1 Å². The molecule has 5 N–H and O–H groups in total. The van der Waals surface area contributed by atoms with E-state index in [1.807, 2.05) is 16.8 Å². The van der Waals surface area contributed by atoms with Crippen LogP contribution < -0.4 is 21.7 Å². The summed E-state index contributed by atoms with van der Waals surface area (Å²) < 4.78 is 7.42. The summed E-state index contributed by atoms with van der Waals surface area (Å²) in [6, 6.07) is 8.87. The van der Waals surface area contributed by atoms with Gasteiger partial charge < -0.3 is 26.4 Å². The van der Waals surface area contributed by atoms with Crippen molar-refractivity contribution in [1.29, 1.82) is 0 Å². The van der Waals surface area contributed by atoms with Crippen LogP contribution in [0.25, 0.3) is 11.0 Å². The van der Waals surface area contributed by atoms with E-state index >= 15 is 0 Å². The Kier molecular flexibility index (Phi) is 5.14. The minimum atomic E-state index is 0.292. The number of aromatic nitrogens is 4. The van der Waals surface area contributed by atoms with E-state index in [1.165, 1.54) is 5.69 Å². The van der Waals surface area contributed by atoms with Crippen LogP contribution in [0, 0.1) is 0 Å². The molecule has 9 nitrogen and oxygen atoms in total. The van der Waals surface area contributed by atoms with E-state index in [1.54, 1.807) is 6.20 Å². The Bertz CT molecular complexity index is 1000. The molecule has 0 spiro atoms. The number of ether oxygens (including phenoxy) is 1. The number of rotatable bonds is 4. The van der Waals surface area contributed by atoms with E-state index in [-0.39, 0.29) is 0 Å². The van der Waals surface area contributed by atoms with Gasteiger partial charge in [-0.1, -0.05) is 0 Å². The minimum absolute atomic E-state index is 0.292. The molecule has 2 fully saturated rings. The average Bonchev–Trinajstić information content (AvgIpc) is 3.20. The molecule has 158 valence electrons. The number of anilines is 4. The van der Waals surface area contributed by atoms with Gasteiger partial charge in [0.2, 0.25) is 5.95 Å². The summed E-state index contributed by atoms with van der Waals surface area (Å²) >= 11 is 0. The number of nitrogens with two attached hydrogens (primary N) is 2. The Hall–Kier alpha value is -2.91. The van der Waals surface area contributed by atoms with Crippen molar-refractivity contribution in [2.24, 2.45) is 5.73 Å². The number of morpholine rings is 1. The second kappa shape index (κ2) is 8.08. The molecule has 3 aromatic rings. The van der Waals surface area contributed by atoms with Crippen molar-refractivity contribution in [1.82, 2.24) is 19.7 Å². The predicted molar refractivity (Wildman–Crippen MR) is 118 cm³/mol. The van der Waals surface area contributed by atoms with Gasteiger partial charge in [-0.25, -0.2) is 4.68 Å². The molecule has 5 rings (SSSR count). The zero-order chi connectivity index (χ0) is 20.5. The van der Waals surface area contributed by atoms with Crippen LogP contribution in [0.5, 0.6) is 0 Å². The molecule has 0 amide bonds. The highest BCUT2D eigenvalue weighted by molar-refractivity contribution is 5.86. The third-order valence-electron chi connectivity index (χ3n) is 6.07. The van der Waals surface area contributed by atoms with Gasteiger partial charge in [0.05, 0.1) is 30.8 Å². The van der Waals surface area contributed by atoms with Crippen LogP contribution in [-0.4, -0.2) is 52.1 Å². The van der Waals surface area contributed by atoms with E-state index in [2.05, 4.69) is 32.4 Å². The van der Waals surface area contributed by atoms with Crippen LogP contribution in [0.3, 0.4) is 0 Å². The van der Waals surface area contributed by atoms with Crippen molar-refractivity contribution in [3.8, 4) is 0 Å². The first-order valence-corrected chi connectivity index (χ1v) is 10.6. The molecule has 1 aromatic carbocycles. The van der Waals surface area contributed by atoms with Crippen molar-refractivity contribution >= 4 is 34.2 Å². The summed E-state index contributed by atoms with van der Waals surface area (Å²) in [6.07, 6.45) is 5.79. The van der Waals surface area contributed by atoms with E-state index in [4.69, 9.17) is 21.2 Å². The highest BCUT2D eigenvalue weighted by atomic mass is 16.5. The summed E-state index contributed by atoms with van der Waals surface area (Å²) in [5.41, 5.74) is 15.2. The first kappa shape index (κ1) is 19.1. The highest BCUT2D eigenvalue weighted by Gasteiger charge is 2.23. The van der Waals surface area contributed by atoms with Crippen LogP contribution in [0.1, 0.15) is 31.7 Å². The summed E-state index contributed by atoms with van der Waals surface area (Å²) in [6.45, 7) is 3.37. The Morgan fingerprint density at radius 1 is 1.00 bits per heavy atom. The van der Waals surface area contributed by atoms with Crippen molar-refractivity contribution in [2.75, 3.05) is 42.3 Å². The first-order valence-electron chi connectivity index (χ1n) is 10.6. The second-order valence-electron chi connectivity index (χ2n) is 8.10. The molecule has 1 aliphatic carbocycles. The van der Waals surface area contributed by atoms with E-state index in [0.29, 0.717) is 23.8 Å². The van der Waals surface area contributed by atoms with Gasteiger partial charge in [-0.3, -0.25) is 0 Å². The summed E-state index contributed by atoms with van der Waals surface area (Å²) in [7, 11) is 0. The maximum atomic E-state index is 6.21. The van der Waals surface area contributed by atoms with Crippen LogP contribution in [0.2, 0.25) is 0 Å². The molecule has 1 saturated carbocycles. The Balaban J connectivity index is 1.37. The topological polar surface area (TPSA) is 120 Å². The molecule has 2 aliphatic rings. The van der Waals surface area contributed by atoms with Crippen molar-refractivity contribution in [2.45, 2.75) is 37.8 Å². The first-order chi connectivity index (χ1) is 14.7. The maximum Gasteiger partial charge on any atom is 0.231 e. The van der Waals surface area contributed by atoms with Gasteiger partial charge in [-0.2, -0.15) is 15.1 Å². The summed E-state index contributed by atoms with van der Waals surface area (Å²) in [5.74, 6) is 0.916. The number of benzene rings is 1. The SMILES string of the molecule is Nc1nc(Nc2ccc(N3CCOCC3)cc2)nc2c1cnn2C1CCC(N)CC1. The lowest BCUT2D eigenvalue weighted by atomic mass is 9.92. The summed E-state index contributed by atoms with van der Waals surface area (Å²) in [4.78, 5) is 11.5. The van der Waals surface area contributed by atoms with E-state index in [9.17, 15) is 0 Å². The zero-order valence-corrected chi connectivity index (χ0v) is 17.0. The zero-order valence-electron chi connectivity index (χ0n) is 17.0. The number of nitrogen functional groups attached to an aromatic ring is 1. The normalized spacial score (nSPS) is 22.4. The molecule has 0 radical (unpaired) electrons. The largest absolute Gasteiger partial charge is 0.383 e. The van der Waals surface area contributed by atoms with Crippen molar-refractivity contribution in [3.05, 3.63) is 30.5 Å². The van der Waals surface area contributed by atoms with Crippen LogP contribution >= 0.6 is 0 Å². The number of hydrogen-bond acceptors (Lipinski definition) is 8. The molecule has 1 aliphatic heterocycles. The number of nitrogens with one attached hydrogen (secondary N) is 1. The maximum absolute atomic E-state index is 6.21. The number of hydrogen-bond donors (Lipinski definition) is 3. The van der Waals surface area contributed by atoms with Gasteiger partial charge in [0.15, 0.2) is 5.65 Å². The molecule has 9 heteroatoms. The third kappa shape index (κ3) is 3.78. The fraction of sp³-hybridized carbons (Fsp3) is 0.476. The summed E-state index contributed by atoms with van der Waals surface area (Å²) in [5, 5.41) is 8.64. The third-order valence-corrected chi connectivity index (χ3v) is 6.07. The van der Waals surface area contributed by atoms with Crippen molar-refractivity contribution < 1.29 is 4.74 Å². The van der Waals surface area contributed by atoms with E-state index < -0.39 is 0 Å². The molecule has 3 heterocycles. The monoisotopic (exact) mass is 408 g/mol. The second-order valence-corrected chi connectivity index (χ2v) is 8.10. The molecular weight excluding hydrogens is 380 g/mol. The van der Waals surface area contributed by atoms with Crippen molar-refractivity contribution in [3.63, 3.8) is 0 Å². The van der Waals surface area contributed by atoms with Crippen LogP contribution in [-0.2, 0) is 4.74 Å². The van der Waals surface area contributed by atoms with Gasteiger partial charge in [-0.05, 0) is 49.9 Å². The molecule has 30 heavy (non-hydrogen) atoms. The smallest absolute Gasteiger partial charge is 0.231 e. The predicted octanol–water partition coefficient (Wildman–Crippen LogP) is 2.43. The molecular formula is C21H28N8O. The fourth-order valence-corrected chi connectivity index (χ4v) is 4.32. The average molecular weight is 409 g/mol. The van der Waals surface area contributed by atoms with Gasteiger partial charge in [0.1, 0.15) is 5.82 Å². The fourth-order valence-electron chi connectivity index (χ4n) is 4.32. The molecule has 0 unspecified atom stereocenters. The quantitative estimate of drug-likeness (QED) is 0.602. The van der Waals surface area contributed by atoms with Crippen LogP contribution in [0.15, 0.2) is 30.5 Å². The lowest BCUT2D eigenvalue weighted by molar-refractivity contribution is 0.122. The lowest BCUT2D eigenvalue weighted by Crippen LogP contribution is -2.36. The standard InChI is InChI=1S/C21H28N8O/c22-14-1-5-17(6-2-14)29-20-18(13-24-29)19(23)26-21(27-20)25-15-3-7-16(8-4-15)28-9-11-30-12-10-28/h3-4,7-8,13-14,17H,1-2,5-6,9-12,22H2,(H3,23,25,26,27). The number of fused-ring (bicyclic) bond motifs is 1. The highest BCUT2D eigenvalue weighted by Crippen LogP contribution is 2.31. The lowest BCUT2D eigenvalue weighted by Gasteiger charge is -2.28. The Labute approximate surface area is 175 Å². The minimum Gasteiger partial charge on any atom is -0.383 e. The Morgan fingerprint density at radius 3 is 2.47 bits per heavy atom. The molecule has 1 saturated heterocycles. The Morgan fingerprint density at radius 2 is 1.73 bits per heavy atom. The van der Waals surface area contributed by atoms with Gasteiger partial charge in [-0.15, -0.1) is 0 Å². The molecule has 2 aromatic heterocycles. The van der Waals surface area contributed by atoms with Gasteiger partial charge >= 0.3 is 0 Å². The number of nitrogens with zero attached hydrogens (tertiary/aromatic N) is 5. The molecule has 0 bridgehead atoms. The van der Waals surface area contributed by atoms with E-state index in [0.717, 1.165) is 68.7 Å². The molecule has 0 atom stereocenters. The van der Waals surface area contributed by atoms with Gasteiger partial charge in [0, 0.05) is 30.5 Å².